The number of Topliss-reactive ketones (excluding diaryl/α,β-unsaturated/α-hetero) is 1. The molecule has 4 nitrogen and oxygen atoms in total. The number of carbonyl (C=O) groups excluding carboxylic acids is 1. The summed E-state index contributed by atoms with van der Waals surface area (Å²) in [6.07, 6.45) is 7.43. The van der Waals surface area contributed by atoms with E-state index in [2.05, 4.69) is 22.4 Å². The molecule has 1 atom stereocenters. The summed E-state index contributed by atoms with van der Waals surface area (Å²) in [6, 6.07) is 0. The minimum atomic E-state index is 0.0962. The summed E-state index contributed by atoms with van der Waals surface area (Å²) in [5, 5.41) is 12.5. The molecule has 0 amide bonds. The molecule has 1 saturated carbocycles. The highest BCUT2D eigenvalue weighted by atomic mass is 32.2. The summed E-state index contributed by atoms with van der Waals surface area (Å²) in [7, 11) is 0. The fourth-order valence-corrected chi connectivity index (χ4v) is 4.22. The third kappa shape index (κ3) is 4.76. The Balaban J connectivity index is 1.86. The van der Waals surface area contributed by atoms with Gasteiger partial charge in [0.25, 0.3) is 0 Å². The number of anilines is 1. The molecule has 1 heterocycles. The first-order valence-electron chi connectivity index (χ1n) is 7.06. The van der Waals surface area contributed by atoms with E-state index in [9.17, 15) is 4.79 Å². The quantitative estimate of drug-likeness (QED) is 0.640. The van der Waals surface area contributed by atoms with Crippen LogP contribution in [-0.4, -0.2) is 27.8 Å². The highest BCUT2D eigenvalue weighted by Crippen LogP contribution is 2.33. The van der Waals surface area contributed by atoms with Crippen molar-refractivity contribution in [2.45, 2.75) is 61.5 Å². The summed E-state index contributed by atoms with van der Waals surface area (Å²) in [5.74, 6) is 0.387. The number of aromatic nitrogens is 2. The van der Waals surface area contributed by atoms with E-state index >= 15 is 0 Å². The van der Waals surface area contributed by atoms with E-state index in [1.807, 2.05) is 0 Å². The average Bonchev–Trinajstić information content (AvgIpc) is 2.75. The van der Waals surface area contributed by atoms with Crippen LogP contribution in [0.1, 0.15) is 51.9 Å². The third-order valence-electron chi connectivity index (χ3n) is 3.20. The maximum Gasteiger partial charge on any atom is 0.206 e. The lowest BCUT2D eigenvalue weighted by Gasteiger charge is -2.09. The molecule has 1 fully saturated rings. The van der Waals surface area contributed by atoms with Gasteiger partial charge in [-0.05, 0) is 19.3 Å². The fraction of sp³-hybridized carbons (Fsp3) is 0.769. The van der Waals surface area contributed by atoms with Crippen molar-refractivity contribution in [3.63, 3.8) is 0 Å². The van der Waals surface area contributed by atoms with Crippen LogP contribution < -0.4 is 5.32 Å². The van der Waals surface area contributed by atoms with Gasteiger partial charge in [0.05, 0.1) is 5.25 Å². The molecule has 0 unspecified atom stereocenters. The Labute approximate surface area is 122 Å². The van der Waals surface area contributed by atoms with Gasteiger partial charge in [-0.15, -0.1) is 10.2 Å². The van der Waals surface area contributed by atoms with Crippen molar-refractivity contribution in [1.29, 1.82) is 0 Å². The molecular weight excluding hydrogens is 278 g/mol. The highest BCUT2D eigenvalue weighted by molar-refractivity contribution is 8.02. The molecule has 0 radical (unpaired) electrons. The maximum atomic E-state index is 12.0. The van der Waals surface area contributed by atoms with Crippen molar-refractivity contribution in [2.75, 3.05) is 11.9 Å². The second-order valence-corrected chi connectivity index (χ2v) is 7.25. The first-order valence-corrected chi connectivity index (χ1v) is 8.76. The zero-order chi connectivity index (χ0) is 13.5. The number of thioether (sulfide) groups is 1. The molecule has 1 aliphatic rings. The molecule has 0 bridgehead atoms. The summed E-state index contributed by atoms with van der Waals surface area (Å²) in [5.41, 5.74) is 0. The number of rotatable bonds is 6. The van der Waals surface area contributed by atoms with E-state index < -0.39 is 0 Å². The normalized spacial score (nSPS) is 20.3. The molecule has 1 aliphatic carbocycles. The van der Waals surface area contributed by atoms with Crippen molar-refractivity contribution in [2.24, 2.45) is 0 Å². The van der Waals surface area contributed by atoms with Crippen LogP contribution in [-0.2, 0) is 4.79 Å². The van der Waals surface area contributed by atoms with Crippen molar-refractivity contribution in [3.8, 4) is 0 Å². The molecule has 1 N–H and O–H groups in total. The number of nitrogens with zero attached hydrogens (tertiary/aromatic N) is 2. The predicted octanol–water partition coefficient (Wildman–Crippen LogP) is 3.74. The van der Waals surface area contributed by atoms with Gasteiger partial charge in [-0.3, -0.25) is 4.79 Å². The van der Waals surface area contributed by atoms with Gasteiger partial charge in [-0.2, -0.15) is 0 Å². The highest BCUT2D eigenvalue weighted by Gasteiger charge is 2.23. The molecule has 6 heteroatoms. The zero-order valence-corrected chi connectivity index (χ0v) is 13.0. The standard InChI is InChI=1S/C13H21N3OS2/c1-2-3-9-14-12-15-16-13(19-12)18-11-8-6-4-5-7-10(11)17/h11H,2-9H2,1H3,(H,14,15)/t11-/m0/s1. The van der Waals surface area contributed by atoms with Crippen LogP contribution in [0.25, 0.3) is 0 Å². The van der Waals surface area contributed by atoms with Crippen LogP contribution in [0.4, 0.5) is 5.13 Å². The van der Waals surface area contributed by atoms with Crippen LogP contribution in [0.5, 0.6) is 0 Å². The lowest BCUT2D eigenvalue weighted by Crippen LogP contribution is -2.14. The average molecular weight is 299 g/mol. The minimum absolute atomic E-state index is 0.0962. The third-order valence-corrected chi connectivity index (χ3v) is 5.49. The van der Waals surface area contributed by atoms with Gasteiger partial charge in [0.15, 0.2) is 4.34 Å². The summed E-state index contributed by atoms with van der Waals surface area (Å²) < 4.78 is 0.916. The lowest BCUT2D eigenvalue weighted by molar-refractivity contribution is -0.118. The smallest absolute Gasteiger partial charge is 0.206 e. The Kier molecular flexibility index (Phi) is 6.10. The molecule has 0 saturated heterocycles. The lowest BCUT2D eigenvalue weighted by atomic mass is 10.2. The van der Waals surface area contributed by atoms with Crippen molar-refractivity contribution in [1.82, 2.24) is 10.2 Å². The van der Waals surface area contributed by atoms with Crippen LogP contribution in [0.2, 0.25) is 0 Å². The predicted molar refractivity (Wildman–Crippen MR) is 81.0 cm³/mol. The Morgan fingerprint density at radius 1 is 1.37 bits per heavy atom. The molecule has 19 heavy (non-hydrogen) atoms. The van der Waals surface area contributed by atoms with Gasteiger partial charge in [0, 0.05) is 13.0 Å². The van der Waals surface area contributed by atoms with Crippen molar-refractivity contribution < 1.29 is 4.79 Å². The largest absolute Gasteiger partial charge is 0.360 e. The SMILES string of the molecule is CCCCNc1nnc(S[C@H]2CCCCCC2=O)s1. The first kappa shape index (κ1) is 14.8. The van der Waals surface area contributed by atoms with Crippen LogP contribution in [0.3, 0.4) is 0 Å². The maximum absolute atomic E-state index is 12.0. The second-order valence-electron chi connectivity index (χ2n) is 4.83. The summed E-state index contributed by atoms with van der Waals surface area (Å²) in [4.78, 5) is 12.0. The fourth-order valence-electron chi connectivity index (χ4n) is 2.07. The molecule has 1 aromatic rings. The van der Waals surface area contributed by atoms with E-state index in [-0.39, 0.29) is 5.25 Å². The van der Waals surface area contributed by atoms with E-state index in [4.69, 9.17) is 0 Å². The van der Waals surface area contributed by atoms with E-state index in [1.165, 1.54) is 12.8 Å². The molecule has 2 rings (SSSR count). The molecule has 0 spiro atoms. The van der Waals surface area contributed by atoms with Gasteiger partial charge in [0.1, 0.15) is 5.78 Å². The monoisotopic (exact) mass is 299 g/mol. The van der Waals surface area contributed by atoms with E-state index in [0.717, 1.165) is 48.1 Å². The van der Waals surface area contributed by atoms with E-state index in [0.29, 0.717) is 5.78 Å². The minimum Gasteiger partial charge on any atom is -0.360 e. The van der Waals surface area contributed by atoms with Gasteiger partial charge in [-0.1, -0.05) is 49.3 Å². The summed E-state index contributed by atoms with van der Waals surface area (Å²) in [6.45, 7) is 3.11. The second kappa shape index (κ2) is 7.85. The van der Waals surface area contributed by atoms with Crippen LogP contribution in [0, 0.1) is 0 Å². The first-order chi connectivity index (χ1) is 9.29. The number of hydrogen-bond donors (Lipinski definition) is 1. The number of nitrogens with one attached hydrogen (secondary N) is 1. The van der Waals surface area contributed by atoms with Gasteiger partial charge in [-0.25, -0.2) is 0 Å². The van der Waals surface area contributed by atoms with Crippen molar-refractivity contribution >= 4 is 34.0 Å². The van der Waals surface area contributed by atoms with Crippen LogP contribution in [0.15, 0.2) is 4.34 Å². The number of carbonyl (C=O) groups is 1. The van der Waals surface area contributed by atoms with Gasteiger partial charge < -0.3 is 5.32 Å². The number of unbranched alkanes of at least 4 members (excludes halogenated alkanes) is 1. The van der Waals surface area contributed by atoms with Gasteiger partial charge >= 0.3 is 0 Å². The Hall–Kier alpha value is -0.620. The van der Waals surface area contributed by atoms with Gasteiger partial charge in [0.2, 0.25) is 5.13 Å². The Morgan fingerprint density at radius 3 is 3.11 bits per heavy atom. The molecule has 106 valence electrons. The molecule has 0 aromatic carbocycles. The zero-order valence-electron chi connectivity index (χ0n) is 11.4. The topological polar surface area (TPSA) is 54.9 Å². The molecule has 0 aliphatic heterocycles. The molecule has 1 aromatic heterocycles. The van der Waals surface area contributed by atoms with E-state index in [1.54, 1.807) is 23.1 Å². The van der Waals surface area contributed by atoms with Crippen molar-refractivity contribution in [3.05, 3.63) is 0 Å². The van der Waals surface area contributed by atoms with Crippen LogP contribution >= 0.6 is 23.1 Å². The Morgan fingerprint density at radius 2 is 2.26 bits per heavy atom. The number of hydrogen-bond acceptors (Lipinski definition) is 6. The Bertz CT molecular complexity index is 408. The molecular formula is C13H21N3OS2. The number of ketones is 1. The summed E-state index contributed by atoms with van der Waals surface area (Å²) >= 11 is 3.16.